The molecular weight excluding hydrogens is 576 g/mol. The molecule has 1 aliphatic carbocycles. The van der Waals surface area contributed by atoms with Gasteiger partial charge in [0.05, 0.1) is 14.3 Å². The molecule has 0 fully saturated rings. The molecule has 0 saturated heterocycles. The van der Waals surface area contributed by atoms with Gasteiger partial charge in [-0.25, -0.2) is 4.99 Å². The number of hydrogen-bond acceptors (Lipinski definition) is 4. The second-order valence-corrected chi connectivity index (χ2v) is 14.8. The van der Waals surface area contributed by atoms with Crippen molar-refractivity contribution >= 4 is 92.5 Å². The molecule has 0 saturated carbocycles. The SMILES string of the molecule is C[Si]1(C)C2=C(c3cc(I)c(I)s3)C(=O)C=CC2=Nc2ccc(O)cc21. The van der Waals surface area contributed by atoms with E-state index in [1.54, 1.807) is 23.5 Å². The molecule has 7 heteroatoms. The fraction of sp³-hybridized carbons (Fsp3) is 0.111. The van der Waals surface area contributed by atoms with Gasteiger partial charge in [-0.05, 0) is 92.0 Å². The number of phenolic OH excluding ortho intramolecular Hbond substituents is 1. The number of hydrogen-bond donors (Lipinski definition) is 1. The topological polar surface area (TPSA) is 49.7 Å². The highest BCUT2D eigenvalue weighted by molar-refractivity contribution is 14.1. The van der Waals surface area contributed by atoms with Gasteiger partial charge in [0.2, 0.25) is 0 Å². The van der Waals surface area contributed by atoms with Crippen LogP contribution in [0.3, 0.4) is 0 Å². The van der Waals surface area contributed by atoms with Crippen molar-refractivity contribution in [1.29, 1.82) is 0 Å². The molecular formula is C18H13I2NO2SSi. The Hall–Kier alpha value is -0.783. The number of carbonyl (C=O) groups excluding carboxylic acids is 1. The number of benzene rings is 1. The molecule has 0 unspecified atom stereocenters. The number of fused-ring (bicyclic) bond motifs is 2. The van der Waals surface area contributed by atoms with E-state index in [4.69, 9.17) is 4.99 Å². The van der Waals surface area contributed by atoms with Crippen LogP contribution in [0.4, 0.5) is 5.69 Å². The molecule has 0 radical (unpaired) electrons. The van der Waals surface area contributed by atoms with Crippen molar-refractivity contribution in [3.05, 3.63) is 52.9 Å². The van der Waals surface area contributed by atoms with Crippen LogP contribution < -0.4 is 5.19 Å². The fourth-order valence-corrected chi connectivity index (χ4v) is 9.26. The number of aromatic hydroxyl groups is 1. The lowest BCUT2D eigenvalue weighted by Gasteiger charge is -2.35. The third kappa shape index (κ3) is 2.79. The van der Waals surface area contributed by atoms with Gasteiger partial charge >= 0.3 is 0 Å². The highest BCUT2D eigenvalue weighted by atomic mass is 127. The molecule has 3 nitrogen and oxygen atoms in total. The summed E-state index contributed by atoms with van der Waals surface area (Å²) in [6, 6.07) is 7.44. The van der Waals surface area contributed by atoms with Crippen molar-refractivity contribution in [2.45, 2.75) is 13.1 Å². The molecule has 0 spiro atoms. The predicted octanol–water partition coefficient (Wildman–Crippen LogP) is 4.80. The van der Waals surface area contributed by atoms with Crippen LogP contribution >= 0.6 is 56.5 Å². The molecule has 1 N–H and O–H groups in total. The Balaban J connectivity index is 2.05. The number of allylic oxidation sites excluding steroid dienone is 4. The smallest absolute Gasteiger partial charge is 0.187 e. The number of ketones is 1. The van der Waals surface area contributed by atoms with Gasteiger partial charge in [0.15, 0.2) is 5.78 Å². The monoisotopic (exact) mass is 589 g/mol. The van der Waals surface area contributed by atoms with E-state index in [0.29, 0.717) is 0 Å². The van der Waals surface area contributed by atoms with E-state index in [0.717, 1.165) is 32.2 Å². The van der Waals surface area contributed by atoms with E-state index >= 15 is 0 Å². The minimum atomic E-state index is -2.18. The normalized spacial score (nSPS) is 18.1. The summed E-state index contributed by atoms with van der Waals surface area (Å²) < 4.78 is 2.36. The summed E-state index contributed by atoms with van der Waals surface area (Å²) in [4.78, 5) is 18.6. The number of nitrogens with zero attached hydrogens (tertiary/aromatic N) is 1. The first-order valence-electron chi connectivity index (χ1n) is 7.64. The minimum absolute atomic E-state index is 0.0483. The van der Waals surface area contributed by atoms with Gasteiger partial charge in [-0.15, -0.1) is 11.3 Å². The quantitative estimate of drug-likeness (QED) is 0.296. The van der Waals surface area contributed by atoms with Crippen LogP contribution in [-0.2, 0) is 4.79 Å². The number of thiophene rings is 1. The maximum absolute atomic E-state index is 12.8. The van der Waals surface area contributed by atoms with Crippen molar-refractivity contribution in [2.75, 3.05) is 0 Å². The summed E-state index contributed by atoms with van der Waals surface area (Å²) in [5.41, 5.74) is 2.59. The van der Waals surface area contributed by atoms with Gasteiger partial charge in [-0.2, -0.15) is 0 Å². The maximum Gasteiger partial charge on any atom is 0.187 e. The van der Waals surface area contributed by atoms with Crippen molar-refractivity contribution in [2.24, 2.45) is 4.99 Å². The van der Waals surface area contributed by atoms with Gasteiger partial charge in [-0.1, -0.05) is 13.1 Å². The molecule has 0 atom stereocenters. The lowest BCUT2D eigenvalue weighted by Crippen LogP contribution is -2.50. The van der Waals surface area contributed by atoms with Crippen LogP contribution in [0.5, 0.6) is 5.75 Å². The average molecular weight is 589 g/mol. The van der Waals surface area contributed by atoms with E-state index in [1.165, 1.54) is 6.45 Å². The zero-order chi connectivity index (χ0) is 17.9. The van der Waals surface area contributed by atoms with Gasteiger partial charge < -0.3 is 5.11 Å². The second kappa shape index (κ2) is 6.14. The molecule has 1 aromatic heterocycles. The van der Waals surface area contributed by atoms with Gasteiger partial charge in [0.1, 0.15) is 13.8 Å². The van der Waals surface area contributed by atoms with E-state index in [2.05, 4.69) is 64.3 Å². The molecule has 2 heterocycles. The largest absolute Gasteiger partial charge is 0.508 e. The van der Waals surface area contributed by atoms with Gasteiger partial charge in [0.25, 0.3) is 0 Å². The van der Waals surface area contributed by atoms with Crippen LogP contribution in [0.2, 0.25) is 13.1 Å². The van der Waals surface area contributed by atoms with E-state index in [9.17, 15) is 9.90 Å². The highest BCUT2D eigenvalue weighted by Crippen LogP contribution is 2.40. The number of aliphatic imine (C=N–C) groups is 1. The van der Waals surface area contributed by atoms with Crippen LogP contribution in [0.15, 0.2) is 46.6 Å². The zero-order valence-corrected chi connectivity index (χ0v) is 19.6. The molecule has 0 bridgehead atoms. The zero-order valence-electron chi connectivity index (χ0n) is 13.4. The van der Waals surface area contributed by atoms with Crippen molar-refractivity contribution in [3.63, 3.8) is 0 Å². The first-order chi connectivity index (χ1) is 11.8. The standard InChI is InChI=1S/C18H13I2NO2SSi/c1-25(2)15-7-9(22)3-4-11(15)21-12-5-6-13(23)16(17(12)25)14-8-10(19)18(20)24-14/h3-8,22H,1-2H3. The lowest BCUT2D eigenvalue weighted by atomic mass is 10.0. The maximum atomic E-state index is 12.8. The van der Waals surface area contributed by atoms with Crippen molar-refractivity contribution < 1.29 is 9.90 Å². The molecule has 25 heavy (non-hydrogen) atoms. The number of halogens is 2. The van der Waals surface area contributed by atoms with Crippen molar-refractivity contribution in [3.8, 4) is 5.75 Å². The number of carbonyl (C=O) groups is 1. The Bertz CT molecular complexity index is 1010. The number of rotatable bonds is 1. The molecule has 1 aliphatic heterocycles. The van der Waals surface area contributed by atoms with Crippen LogP contribution in [-0.4, -0.2) is 24.7 Å². The minimum Gasteiger partial charge on any atom is -0.508 e. The Kier molecular flexibility index (Phi) is 4.32. The van der Waals surface area contributed by atoms with Crippen molar-refractivity contribution in [1.82, 2.24) is 0 Å². The molecule has 126 valence electrons. The summed E-state index contributed by atoms with van der Waals surface area (Å²) in [5, 5.41) is 12.1. The van der Waals surface area contributed by atoms with Crippen LogP contribution in [0, 0.1) is 6.45 Å². The third-order valence-electron chi connectivity index (χ3n) is 4.56. The molecule has 1 aromatic carbocycles. The van der Waals surface area contributed by atoms with Crippen LogP contribution in [0.25, 0.3) is 5.57 Å². The molecule has 2 aliphatic rings. The van der Waals surface area contributed by atoms with E-state index in [-0.39, 0.29) is 11.5 Å². The number of phenols is 1. The molecule has 2 aromatic rings. The molecule has 4 rings (SSSR count). The summed E-state index contributed by atoms with van der Waals surface area (Å²) >= 11 is 6.28. The fourth-order valence-electron chi connectivity index (χ4n) is 3.40. The van der Waals surface area contributed by atoms with E-state index in [1.807, 2.05) is 18.2 Å². The lowest BCUT2D eigenvalue weighted by molar-refractivity contribution is -0.109. The first kappa shape index (κ1) is 17.6. The summed E-state index contributed by atoms with van der Waals surface area (Å²) in [7, 11) is -2.18. The van der Waals surface area contributed by atoms with Crippen LogP contribution in [0.1, 0.15) is 4.88 Å². The van der Waals surface area contributed by atoms with Gasteiger partial charge in [-0.3, -0.25) is 4.79 Å². The summed E-state index contributed by atoms with van der Waals surface area (Å²) in [6.07, 6.45) is 3.47. The van der Waals surface area contributed by atoms with E-state index < -0.39 is 8.07 Å². The Morgan fingerprint density at radius 3 is 2.60 bits per heavy atom. The first-order valence-corrected chi connectivity index (χ1v) is 13.6. The highest BCUT2D eigenvalue weighted by Gasteiger charge is 2.41. The Morgan fingerprint density at radius 2 is 1.92 bits per heavy atom. The summed E-state index contributed by atoms with van der Waals surface area (Å²) in [6.45, 7) is 4.45. The second-order valence-electron chi connectivity index (χ2n) is 6.50. The molecule has 0 amide bonds. The predicted molar refractivity (Wildman–Crippen MR) is 123 cm³/mol. The summed E-state index contributed by atoms with van der Waals surface area (Å²) in [5.74, 6) is 0.296. The third-order valence-corrected chi connectivity index (χ3v) is 12.5. The van der Waals surface area contributed by atoms with Gasteiger partial charge in [0, 0.05) is 14.0 Å². The Labute approximate surface area is 177 Å². The average Bonchev–Trinajstić information content (AvgIpc) is 2.88. The Morgan fingerprint density at radius 1 is 1.16 bits per heavy atom.